The number of rotatable bonds is 3. The number of hydrogen-bond acceptors (Lipinski definition) is 4. The summed E-state index contributed by atoms with van der Waals surface area (Å²) in [5.41, 5.74) is 1.16. The van der Waals surface area contributed by atoms with Gasteiger partial charge in [-0.1, -0.05) is 0 Å². The number of pyridine rings is 1. The molecule has 0 saturated carbocycles. The molecule has 17 heavy (non-hydrogen) atoms. The quantitative estimate of drug-likeness (QED) is 0.862. The first-order valence-electron chi connectivity index (χ1n) is 5.74. The average molecular weight is 295 g/mol. The molecule has 0 bridgehead atoms. The lowest BCUT2D eigenvalue weighted by atomic mass is 10.0. The number of nitrogens with zero attached hydrogens (tertiary/aromatic N) is 3. The summed E-state index contributed by atoms with van der Waals surface area (Å²) in [6.07, 6.45) is 2.31. The molecule has 2 heterocycles. The molecule has 0 aliphatic carbocycles. The van der Waals surface area contributed by atoms with E-state index in [1.165, 1.54) is 0 Å². The zero-order valence-corrected chi connectivity index (χ0v) is 11.2. The van der Waals surface area contributed by atoms with Gasteiger partial charge >= 0.3 is 0 Å². The van der Waals surface area contributed by atoms with Crippen LogP contribution in [0, 0.1) is 11.3 Å². The molecule has 1 saturated heterocycles. The number of piperazine rings is 1. The van der Waals surface area contributed by atoms with E-state index in [0.717, 1.165) is 36.3 Å². The van der Waals surface area contributed by atoms with Gasteiger partial charge in [0, 0.05) is 38.4 Å². The Kier molecular flexibility index (Phi) is 4.49. The van der Waals surface area contributed by atoms with E-state index in [1.807, 2.05) is 12.1 Å². The third-order valence-electron chi connectivity index (χ3n) is 3.01. The smallest absolute Gasteiger partial charge is 0.106 e. The lowest BCUT2D eigenvalue weighted by molar-refractivity contribution is 0.175. The molecular weight excluding hydrogens is 280 g/mol. The van der Waals surface area contributed by atoms with Crippen LogP contribution in [-0.2, 0) is 0 Å². The molecular formula is C12H15BrN4. The largest absolute Gasteiger partial charge is 0.314 e. The first kappa shape index (κ1) is 12.5. The minimum Gasteiger partial charge on any atom is -0.314 e. The molecule has 0 radical (unpaired) electrons. The molecule has 4 nitrogen and oxygen atoms in total. The average Bonchev–Trinajstić information content (AvgIpc) is 2.37. The van der Waals surface area contributed by atoms with Crippen LogP contribution in [0.5, 0.6) is 0 Å². The molecule has 1 atom stereocenters. The zero-order valence-electron chi connectivity index (χ0n) is 9.56. The van der Waals surface area contributed by atoms with E-state index in [-0.39, 0.29) is 6.04 Å². The van der Waals surface area contributed by atoms with Crippen LogP contribution in [0.1, 0.15) is 18.0 Å². The summed E-state index contributed by atoms with van der Waals surface area (Å²) in [6.45, 7) is 3.97. The standard InChI is InChI=1S/C12H15BrN4/c13-12-9-10(2-4-16-12)11(1-3-14)17-7-5-15-6-8-17/h2,4,9,11,15H,1,5-8H2/t11-/m1/s1. The van der Waals surface area contributed by atoms with Crippen LogP contribution in [-0.4, -0.2) is 36.1 Å². The Morgan fingerprint density at radius 3 is 2.94 bits per heavy atom. The molecule has 0 aromatic carbocycles. The fraction of sp³-hybridized carbons (Fsp3) is 0.500. The highest BCUT2D eigenvalue weighted by Crippen LogP contribution is 2.25. The van der Waals surface area contributed by atoms with E-state index in [1.54, 1.807) is 6.20 Å². The Balaban J connectivity index is 2.19. The van der Waals surface area contributed by atoms with Crippen LogP contribution in [0.15, 0.2) is 22.9 Å². The van der Waals surface area contributed by atoms with Gasteiger partial charge in [-0.3, -0.25) is 4.90 Å². The van der Waals surface area contributed by atoms with E-state index in [9.17, 15) is 0 Å². The van der Waals surface area contributed by atoms with Crippen molar-refractivity contribution in [2.45, 2.75) is 12.5 Å². The molecule has 1 aliphatic heterocycles. The van der Waals surface area contributed by atoms with Crippen LogP contribution in [0.2, 0.25) is 0 Å². The fourth-order valence-electron chi connectivity index (χ4n) is 2.16. The highest BCUT2D eigenvalue weighted by atomic mass is 79.9. The summed E-state index contributed by atoms with van der Waals surface area (Å²) >= 11 is 3.38. The Morgan fingerprint density at radius 1 is 1.53 bits per heavy atom. The van der Waals surface area contributed by atoms with E-state index < -0.39 is 0 Å². The molecule has 1 N–H and O–H groups in total. The number of hydrogen-bond donors (Lipinski definition) is 1. The normalized spacial score (nSPS) is 18.6. The van der Waals surface area contributed by atoms with Crippen molar-refractivity contribution in [3.05, 3.63) is 28.5 Å². The maximum Gasteiger partial charge on any atom is 0.106 e. The van der Waals surface area contributed by atoms with Gasteiger partial charge in [0.25, 0.3) is 0 Å². The van der Waals surface area contributed by atoms with Crippen molar-refractivity contribution in [3.8, 4) is 6.07 Å². The number of nitrogens with one attached hydrogen (secondary N) is 1. The molecule has 1 fully saturated rings. The topological polar surface area (TPSA) is 52.0 Å². The summed E-state index contributed by atoms with van der Waals surface area (Å²) in [4.78, 5) is 6.49. The Bertz CT molecular complexity index is 409. The molecule has 0 unspecified atom stereocenters. The van der Waals surface area contributed by atoms with Gasteiger partial charge in [0.2, 0.25) is 0 Å². The fourth-order valence-corrected chi connectivity index (χ4v) is 2.55. The van der Waals surface area contributed by atoms with Gasteiger partial charge in [0.1, 0.15) is 4.60 Å². The van der Waals surface area contributed by atoms with Crippen molar-refractivity contribution >= 4 is 15.9 Å². The van der Waals surface area contributed by atoms with Gasteiger partial charge in [0.05, 0.1) is 12.5 Å². The van der Waals surface area contributed by atoms with Gasteiger partial charge in [-0.15, -0.1) is 0 Å². The molecule has 5 heteroatoms. The minimum absolute atomic E-state index is 0.182. The van der Waals surface area contributed by atoms with Crippen molar-refractivity contribution in [1.82, 2.24) is 15.2 Å². The summed E-state index contributed by atoms with van der Waals surface area (Å²) in [6, 6.07) is 6.47. The van der Waals surface area contributed by atoms with Crippen LogP contribution < -0.4 is 5.32 Å². The number of aromatic nitrogens is 1. The Labute approximate surface area is 110 Å². The van der Waals surface area contributed by atoms with Gasteiger partial charge < -0.3 is 5.32 Å². The predicted molar refractivity (Wildman–Crippen MR) is 69.4 cm³/mol. The van der Waals surface area contributed by atoms with Gasteiger partial charge in [-0.25, -0.2) is 4.98 Å². The molecule has 1 aromatic heterocycles. The van der Waals surface area contributed by atoms with Crippen LogP contribution >= 0.6 is 15.9 Å². The van der Waals surface area contributed by atoms with Crippen molar-refractivity contribution in [3.63, 3.8) is 0 Å². The minimum atomic E-state index is 0.182. The molecule has 2 rings (SSSR count). The SMILES string of the molecule is N#CC[C@H](c1ccnc(Br)c1)N1CCNCC1. The lowest BCUT2D eigenvalue weighted by Crippen LogP contribution is -2.45. The van der Waals surface area contributed by atoms with Crippen molar-refractivity contribution < 1.29 is 0 Å². The van der Waals surface area contributed by atoms with Gasteiger partial charge in [-0.05, 0) is 33.6 Å². The van der Waals surface area contributed by atoms with Crippen LogP contribution in [0.4, 0.5) is 0 Å². The zero-order chi connectivity index (χ0) is 12.1. The lowest BCUT2D eigenvalue weighted by Gasteiger charge is -2.34. The second-order valence-electron chi connectivity index (χ2n) is 4.08. The van der Waals surface area contributed by atoms with E-state index in [4.69, 9.17) is 5.26 Å². The molecule has 90 valence electrons. The second kappa shape index (κ2) is 6.10. The Hall–Kier alpha value is -0.960. The number of halogens is 1. The summed E-state index contributed by atoms with van der Waals surface area (Å²) in [5.74, 6) is 0. The Morgan fingerprint density at radius 2 is 2.29 bits per heavy atom. The summed E-state index contributed by atoms with van der Waals surface area (Å²) in [5, 5.41) is 12.3. The van der Waals surface area contributed by atoms with E-state index in [2.05, 4.69) is 37.2 Å². The highest BCUT2D eigenvalue weighted by molar-refractivity contribution is 9.10. The summed E-state index contributed by atoms with van der Waals surface area (Å²) < 4.78 is 0.827. The summed E-state index contributed by atoms with van der Waals surface area (Å²) in [7, 11) is 0. The predicted octanol–water partition coefficient (Wildman–Crippen LogP) is 1.70. The van der Waals surface area contributed by atoms with Crippen molar-refractivity contribution in [1.29, 1.82) is 5.26 Å². The maximum atomic E-state index is 8.98. The van der Waals surface area contributed by atoms with Crippen LogP contribution in [0.3, 0.4) is 0 Å². The molecule has 0 spiro atoms. The van der Waals surface area contributed by atoms with Gasteiger partial charge in [-0.2, -0.15) is 5.26 Å². The monoisotopic (exact) mass is 294 g/mol. The van der Waals surface area contributed by atoms with Crippen LogP contribution in [0.25, 0.3) is 0 Å². The molecule has 1 aromatic rings. The van der Waals surface area contributed by atoms with E-state index >= 15 is 0 Å². The maximum absolute atomic E-state index is 8.98. The highest BCUT2D eigenvalue weighted by Gasteiger charge is 2.22. The van der Waals surface area contributed by atoms with Gasteiger partial charge in [0.15, 0.2) is 0 Å². The van der Waals surface area contributed by atoms with E-state index in [0.29, 0.717) is 6.42 Å². The third kappa shape index (κ3) is 3.25. The molecule has 0 amide bonds. The van der Waals surface area contributed by atoms with Crippen molar-refractivity contribution in [2.24, 2.45) is 0 Å². The molecule has 1 aliphatic rings. The second-order valence-corrected chi connectivity index (χ2v) is 4.89. The van der Waals surface area contributed by atoms with Crippen molar-refractivity contribution in [2.75, 3.05) is 26.2 Å². The first-order chi connectivity index (χ1) is 8.31. The number of nitriles is 1. The first-order valence-corrected chi connectivity index (χ1v) is 6.53. The third-order valence-corrected chi connectivity index (χ3v) is 3.45.